The van der Waals surface area contributed by atoms with Crippen LogP contribution in [-0.4, -0.2) is 51.7 Å². The maximum Gasteiger partial charge on any atom is 0.243 e. The smallest absolute Gasteiger partial charge is 0.243 e. The first-order valence-corrected chi connectivity index (χ1v) is 11.8. The van der Waals surface area contributed by atoms with Crippen molar-refractivity contribution in [1.29, 1.82) is 0 Å². The first-order chi connectivity index (χ1) is 15.0. The largest absolute Gasteiger partial charge is 0.492 e. The Bertz CT molecular complexity index is 1020. The number of nitrogens with one attached hydrogen (secondary N) is 1. The predicted molar refractivity (Wildman–Crippen MR) is 114 cm³/mol. The summed E-state index contributed by atoms with van der Waals surface area (Å²) in [6.45, 7) is 2.06. The third kappa shape index (κ3) is 5.29. The minimum absolute atomic E-state index is 0.0617. The molecule has 2 aromatic carbocycles. The van der Waals surface area contributed by atoms with E-state index in [1.54, 1.807) is 24.3 Å². The van der Waals surface area contributed by atoms with Crippen molar-refractivity contribution in [1.82, 2.24) is 9.62 Å². The van der Waals surface area contributed by atoms with E-state index in [1.807, 2.05) is 18.2 Å². The first kappa shape index (κ1) is 21.5. The number of hydrogen-bond donors (Lipinski definition) is 1. The van der Waals surface area contributed by atoms with E-state index in [2.05, 4.69) is 5.32 Å². The van der Waals surface area contributed by atoms with Crippen LogP contribution in [0.25, 0.3) is 0 Å². The topological polar surface area (TPSA) is 94.2 Å². The molecule has 2 heterocycles. The highest BCUT2D eigenvalue weighted by Crippen LogP contribution is 2.32. The average Bonchev–Trinajstić information content (AvgIpc) is 3.48. The summed E-state index contributed by atoms with van der Waals surface area (Å²) in [7, 11) is -3.42. The molecule has 2 aliphatic heterocycles. The Kier molecular flexibility index (Phi) is 6.62. The molecule has 0 saturated carbocycles. The zero-order valence-corrected chi connectivity index (χ0v) is 18.0. The van der Waals surface area contributed by atoms with Crippen LogP contribution < -0.4 is 19.5 Å². The molecule has 0 aromatic heterocycles. The zero-order valence-electron chi connectivity index (χ0n) is 17.2. The molecule has 1 fully saturated rings. The summed E-state index contributed by atoms with van der Waals surface area (Å²) in [5, 5.41) is 2.83. The van der Waals surface area contributed by atoms with Crippen LogP contribution in [0.4, 0.5) is 0 Å². The Morgan fingerprint density at radius 3 is 2.55 bits per heavy atom. The maximum absolute atomic E-state index is 12.5. The molecule has 1 N–H and O–H groups in total. The van der Waals surface area contributed by atoms with Gasteiger partial charge in [-0.15, -0.1) is 0 Å². The number of amides is 1. The third-order valence-electron chi connectivity index (χ3n) is 5.30. The van der Waals surface area contributed by atoms with Crippen molar-refractivity contribution in [2.45, 2.75) is 30.6 Å². The summed E-state index contributed by atoms with van der Waals surface area (Å²) >= 11 is 0. The Morgan fingerprint density at radius 2 is 1.77 bits per heavy atom. The quantitative estimate of drug-likeness (QED) is 0.594. The molecule has 0 bridgehead atoms. The van der Waals surface area contributed by atoms with Gasteiger partial charge in [-0.1, -0.05) is 6.07 Å². The fourth-order valence-electron chi connectivity index (χ4n) is 3.59. The van der Waals surface area contributed by atoms with E-state index < -0.39 is 10.0 Å². The van der Waals surface area contributed by atoms with Crippen LogP contribution in [0.2, 0.25) is 0 Å². The van der Waals surface area contributed by atoms with Crippen molar-refractivity contribution in [2.24, 2.45) is 0 Å². The van der Waals surface area contributed by atoms with Gasteiger partial charge >= 0.3 is 0 Å². The summed E-state index contributed by atoms with van der Waals surface area (Å²) in [5.41, 5.74) is 1.01. The second kappa shape index (κ2) is 9.57. The molecule has 0 unspecified atom stereocenters. The van der Waals surface area contributed by atoms with Crippen LogP contribution in [-0.2, 0) is 21.2 Å². The predicted octanol–water partition coefficient (Wildman–Crippen LogP) is 2.33. The number of fused-ring (bicyclic) bond motifs is 1. The number of aryl methyl sites for hydroxylation is 1. The number of benzene rings is 2. The summed E-state index contributed by atoms with van der Waals surface area (Å²) in [4.78, 5) is 12.3. The van der Waals surface area contributed by atoms with Gasteiger partial charge in [-0.05, 0) is 61.2 Å². The highest BCUT2D eigenvalue weighted by atomic mass is 32.2. The Labute approximate surface area is 182 Å². The van der Waals surface area contributed by atoms with E-state index in [4.69, 9.17) is 14.2 Å². The molecule has 31 heavy (non-hydrogen) atoms. The first-order valence-electron chi connectivity index (χ1n) is 10.4. The van der Waals surface area contributed by atoms with Crippen LogP contribution >= 0.6 is 0 Å². The Hall–Kier alpha value is -2.78. The molecule has 0 radical (unpaired) electrons. The molecular formula is C22H26N2O6S. The second-order valence-corrected chi connectivity index (χ2v) is 9.41. The highest BCUT2D eigenvalue weighted by Gasteiger charge is 2.26. The van der Waals surface area contributed by atoms with Crippen molar-refractivity contribution < 1.29 is 27.4 Å². The van der Waals surface area contributed by atoms with Crippen LogP contribution in [0.15, 0.2) is 47.4 Å². The summed E-state index contributed by atoms with van der Waals surface area (Å²) in [6, 6.07) is 12.1. The second-order valence-electron chi connectivity index (χ2n) is 7.47. The molecule has 2 aliphatic rings. The van der Waals surface area contributed by atoms with Crippen molar-refractivity contribution in [2.75, 3.05) is 33.0 Å². The van der Waals surface area contributed by atoms with Gasteiger partial charge in [0.25, 0.3) is 0 Å². The molecular weight excluding hydrogens is 420 g/mol. The molecule has 4 rings (SSSR count). The van der Waals surface area contributed by atoms with E-state index in [-0.39, 0.29) is 17.6 Å². The number of rotatable bonds is 9. The lowest BCUT2D eigenvalue weighted by atomic mass is 10.1. The van der Waals surface area contributed by atoms with E-state index in [1.165, 1.54) is 4.31 Å². The van der Waals surface area contributed by atoms with E-state index in [9.17, 15) is 13.2 Å². The third-order valence-corrected chi connectivity index (χ3v) is 7.21. The van der Waals surface area contributed by atoms with Gasteiger partial charge in [0.1, 0.15) is 12.4 Å². The van der Waals surface area contributed by atoms with Crippen LogP contribution in [0.1, 0.15) is 24.8 Å². The van der Waals surface area contributed by atoms with Crippen LogP contribution in [0.5, 0.6) is 17.2 Å². The maximum atomic E-state index is 12.5. The number of carbonyl (C=O) groups is 1. The van der Waals surface area contributed by atoms with Gasteiger partial charge in [-0.2, -0.15) is 4.31 Å². The van der Waals surface area contributed by atoms with Gasteiger partial charge < -0.3 is 19.5 Å². The summed E-state index contributed by atoms with van der Waals surface area (Å²) in [5.74, 6) is 1.95. The summed E-state index contributed by atoms with van der Waals surface area (Å²) in [6.07, 6.45) is 2.78. The SMILES string of the molecule is O=C(CCc1ccc2c(c1)OCO2)NCCOc1ccc(S(=O)(=O)N2CCCC2)cc1. The Balaban J connectivity index is 1.17. The van der Waals surface area contributed by atoms with Gasteiger partial charge in [-0.25, -0.2) is 8.42 Å². The monoisotopic (exact) mass is 446 g/mol. The lowest BCUT2D eigenvalue weighted by Crippen LogP contribution is -2.28. The standard InChI is InChI=1S/C22H26N2O6S/c25-22(10-4-17-3-9-20-21(15-17)30-16-29-20)23-11-14-28-18-5-7-19(8-6-18)31(26,27)24-12-1-2-13-24/h3,5-9,15H,1-2,4,10-14,16H2,(H,23,25). The molecule has 1 amide bonds. The van der Waals surface area contributed by atoms with Crippen LogP contribution in [0.3, 0.4) is 0 Å². The van der Waals surface area contributed by atoms with Gasteiger partial charge in [0.15, 0.2) is 11.5 Å². The molecule has 0 atom stereocenters. The molecule has 166 valence electrons. The minimum atomic E-state index is -3.42. The molecule has 0 aliphatic carbocycles. The van der Waals surface area contributed by atoms with Gasteiger partial charge in [0, 0.05) is 19.5 Å². The number of hydrogen-bond acceptors (Lipinski definition) is 6. The molecule has 8 nitrogen and oxygen atoms in total. The lowest BCUT2D eigenvalue weighted by Gasteiger charge is -2.15. The van der Waals surface area contributed by atoms with E-state index >= 15 is 0 Å². The Morgan fingerprint density at radius 1 is 1.03 bits per heavy atom. The molecule has 9 heteroatoms. The molecule has 1 saturated heterocycles. The lowest BCUT2D eigenvalue weighted by molar-refractivity contribution is -0.121. The van der Waals surface area contributed by atoms with Gasteiger partial charge in [-0.3, -0.25) is 4.79 Å². The number of carbonyl (C=O) groups excluding carboxylic acids is 1. The van der Waals surface area contributed by atoms with Crippen molar-refractivity contribution >= 4 is 15.9 Å². The fourth-order valence-corrected chi connectivity index (χ4v) is 5.10. The van der Waals surface area contributed by atoms with Gasteiger partial charge in [0.05, 0.1) is 11.4 Å². The molecule has 0 spiro atoms. The number of ether oxygens (including phenoxy) is 3. The number of sulfonamides is 1. The average molecular weight is 447 g/mol. The molecule has 2 aromatic rings. The summed E-state index contributed by atoms with van der Waals surface area (Å²) < 4.78 is 42.8. The van der Waals surface area contributed by atoms with Crippen molar-refractivity contribution in [3.63, 3.8) is 0 Å². The number of nitrogens with zero attached hydrogens (tertiary/aromatic N) is 1. The van der Waals surface area contributed by atoms with E-state index in [0.717, 1.165) is 24.2 Å². The zero-order chi connectivity index (χ0) is 21.7. The van der Waals surface area contributed by atoms with Gasteiger partial charge in [0.2, 0.25) is 22.7 Å². The van der Waals surface area contributed by atoms with Crippen molar-refractivity contribution in [3.05, 3.63) is 48.0 Å². The van der Waals surface area contributed by atoms with E-state index in [0.29, 0.717) is 50.6 Å². The fraction of sp³-hybridized carbons (Fsp3) is 0.409. The van der Waals surface area contributed by atoms with Crippen molar-refractivity contribution in [3.8, 4) is 17.2 Å². The van der Waals surface area contributed by atoms with Crippen LogP contribution in [0, 0.1) is 0 Å². The highest BCUT2D eigenvalue weighted by molar-refractivity contribution is 7.89. The normalized spacial score (nSPS) is 15.7. The minimum Gasteiger partial charge on any atom is -0.492 e.